The molecule has 0 fully saturated rings. The van der Waals surface area contributed by atoms with Gasteiger partial charge in [0.1, 0.15) is 11.3 Å². The molecule has 0 amide bonds. The second-order valence-electron chi connectivity index (χ2n) is 7.12. The molecule has 0 bridgehead atoms. The summed E-state index contributed by atoms with van der Waals surface area (Å²) >= 11 is 6.01. The average molecular weight is 435 g/mol. The molecule has 0 saturated heterocycles. The largest absolute Gasteiger partial charge is 0.508 e. The predicted molar refractivity (Wildman–Crippen MR) is 121 cm³/mol. The molecule has 4 rings (SSSR count). The molecular formula is C25H19ClO5. The minimum absolute atomic E-state index is 0.0167. The average Bonchev–Trinajstić information content (AvgIpc) is 2.74. The van der Waals surface area contributed by atoms with Crippen molar-refractivity contribution in [2.45, 2.75) is 12.7 Å². The van der Waals surface area contributed by atoms with Crippen LogP contribution in [0.2, 0.25) is 5.02 Å². The lowest BCUT2D eigenvalue weighted by atomic mass is 9.93. The fourth-order valence-corrected chi connectivity index (χ4v) is 3.62. The van der Waals surface area contributed by atoms with Gasteiger partial charge in [0.2, 0.25) is 0 Å². The first-order valence-corrected chi connectivity index (χ1v) is 9.96. The maximum atomic E-state index is 12.9. The molecule has 4 aromatic rings. The minimum Gasteiger partial charge on any atom is -0.508 e. The van der Waals surface area contributed by atoms with Crippen molar-refractivity contribution in [2.24, 2.45) is 0 Å². The van der Waals surface area contributed by atoms with Crippen molar-refractivity contribution < 1.29 is 19.7 Å². The van der Waals surface area contributed by atoms with Gasteiger partial charge in [-0.1, -0.05) is 54.1 Å². The molecule has 0 unspecified atom stereocenters. The molecular weight excluding hydrogens is 416 g/mol. The Hall–Kier alpha value is -3.38. The van der Waals surface area contributed by atoms with Crippen LogP contribution in [0, 0.1) is 0 Å². The summed E-state index contributed by atoms with van der Waals surface area (Å²) in [5.74, 6) is 0.0167. The van der Waals surface area contributed by atoms with Gasteiger partial charge < -0.3 is 19.7 Å². The first-order valence-electron chi connectivity index (χ1n) is 9.58. The monoisotopic (exact) mass is 434 g/mol. The summed E-state index contributed by atoms with van der Waals surface area (Å²) in [6, 6.07) is 19.3. The predicted octanol–water partition coefficient (Wildman–Crippen LogP) is 4.73. The molecule has 1 heterocycles. The highest BCUT2D eigenvalue weighted by atomic mass is 35.5. The first kappa shape index (κ1) is 20.9. The Morgan fingerprint density at radius 3 is 2.35 bits per heavy atom. The van der Waals surface area contributed by atoms with Crippen LogP contribution in [0.3, 0.4) is 0 Å². The number of phenolic OH excluding ortho intramolecular Hbond substituents is 1. The van der Waals surface area contributed by atoms with Crippen molar-refractivity contribution in [3.05, 3.63) is 105 Å². The highest BCUT2D eigenvalue weighted by Gasteiger charge is 2.17. The molecule has 5 nitrogen and oxygen atoms in total. The molecule has 1 aromatic heterocycles. The lowest BCUT2D eigenvalue weighted by Crippen LogP contribution is -2.08. The number of hydrogen-bond donors (Lipinski definition) is 3. The highest BCUT2D eigenvalue weighted by molar-refractivity contribution is 6.30. The number of benzene rings is 3. The van der Waals surface area contributed by atoms with E-state index in [1.54, 1.807) is 42.5 Å². The zero-order valence-corrected chi connectivity index (χ0v) is 17.1. The van der Waals surface area contributed by atoms with Crippen LogP contribution < -0.4 is 5.63 Å². The number of hydrogen-bond acceptors (Lipinski definition) is 5. The maximum absolute atomic E-state index is 12.9. The molecule has 0 saturated carbocycles. The Labute approximate surface area is 183 Å². The Balaban J connectivity index is 1.84. The molecule has 0 atom stereocenters. The normalized spacial score (nSPS) is 11.6. The van der Waals surface area contributed by atoms with E-state index in [0.717, 1.165) is 22.1 Å². The van der Waals surface area contributed by atoms with E-state index in [1.807, 2.05) is 24.3 Å². The highest BCUT2D eigenvalue weighted by Crippen LogP contribution is 2.31. The Kier molecular flexibility index (Phi) is 5.91. The molecule has 0 aliphatic rings. The molecule has 0 aliphatic heterocycles. The van der Waals surface area contributed by atoms with Gasteiger partial charge in [-0.25, -0.2) is 4.79 Å². The number of phenols is 1. The fourth-order valence-electron chi connectivity index (χ4n) is 3.49. The summed E-state index contributed by atoms with van der Waals surface area (Å²) in [6.45, 7) is 0. The van der Waals surface area contributed by atoms with Crippen LogP contribution in [0.5, 0.6) is 5.75 Å². The molecule has 3 aromatic carbocycles. The topological polar surface area (TPSA) is 90.9 Å². The quantitative estimate of drug-likeness (QED) is 0.312. The summed E-state index contributed by atoms with van der Waals surface area (Å²) in [5.41, 5.74) is 3.51. The third-order valence-electron chi connectivity index (χ3n) is 4.95. The van der Waals surface area contributed by atoms with Crippen molar-refractivity contribution in [2.75, 3.05) is 0 Å². The number of aromatic hydroxyl groups is 1. The zero-order valence-electron chi connectivity index (χ0n) is 16.3. The minimum atomic E-state index is -1.51. The third-order valence-corrected chi connectivity index (χ3v) is 5.21. The van der Waals surface area contributed by atoms with Crippen molar-refractivity contribution in [1.82, 2.24) is 0 Å². The van der Waals surface area contributed by atoms with Gasteiger partial charge in [-0.15, -0.1) is 0 Å². The van der Waals surface area contributed by atoms with E-state index >= 15 is 0 Å². The van der Waals surface area contributed by atoms with Crippen LogP contribution in [0.1, 0.15) is 16.7 Å². The summed E-state index contributed by atoms with van der Waals surface area (Å²) in [5, 5.41) is 29.1. The van der Waals surface area contributed by atoms with Crippen LogP contribution in [0.15, 0.2) is 82.0 Å². The van der Waals surface area contributed by atoms with Crippen molar-refractivity contribution >= 4 is 28.6 Å². The second kappa shape index (κ2) is 8.78. The summed E-state index contributed by atoms with van der Waals surface area (Å²) in [4.78, 5) is 12.9. The van der Waals surface area contributed by atoms with Gasteiger partial charge in [-0.3, -0.25) is 0 Å². The number of rotatable bonds is 5. The number of halogens is 1. The molecule has 3 N–H and O–H groups in total. The number of fused-ring (bicyclic) bond motifs is 1. The fraction of sp³-hybridized carbons (Fsp3) is 0.0800. The SMILES string of the molecule is O=c1oc2cc(O)ccc2c(Cc2ccc(C=CC(O)O)cc2)c1-c1ccc(Cl)cc1. The standard InChI is InChI=1S/C25H19ClO5/c26-18-8-6-17(7-9-18)24-21(20-11-10-19(27)14-22(20)31-25(24)30)13-16-3-1-15(2-4-16)5-12-23(28)29/h1-12,14,23,27-29H,13H2. The van der Waals surface area contributed by atoms with E-state index in [1.165, 1.54) is 12.1 Å². The van der Waals surface area contributed by atoms with Gasteiger partial charge in [0.05, 0.1) is 5.56 Å². The lowest BCUT2D eigenvalue weighted by molar-refractivity contribution is 0.00303. The van der Waals surface area contributed by atoms with Crippen molar-refractivity contribution in [3.63, 3.8) is 0 Å². The molecule has 31 heavy (non-hydrogen) atoms. The van der Waals surface area contributed by atoms with Crippen LogP contribution >= 0.6 is 11.6 Å². The van der Waals surface area contributed by atoms with Gasteiger partial charge in [0, 0.05) is 16.5 Å². The summed E-state index contributed by atoms with van der Waals surface area (Å²) in [6.07, 6.45) is 1.84. The second-order valence-corrected chi connectivity index (χ2v) is 7.56. The van der Waals surface area contributed by atoms with Gasteiger partial charge >= 0.3 is 5.63 Å². The van der Waals surface area contributed by atoms with E-state index in [2.05, 4.69) is 0 Å². The third kappa shape index (κ3) is 4.70. The van der Waals surface area contributed by atoms with E-state index in [-0.39, 0.29) is 5.75 Å². The van der Waals surface area contributed by atoms with E-state index in [4.69, 9.17) is 26.2 Å². The van der Waals surface area contributed by atoms with Gasteiger partial charge in [0.15, 0.2) is 6.29 Å². The van der Waals surface area contributed by atoms with E-state index < -0.39 is 11.9 Å². The Bertz CT molecular complexity index is 1300. The zero-order chi connectivity index (χ0) is 22.0. The smallest absolute Gasteiger partial charge is 0.344 e. The summed E-state index contributed by atoms with van der Waals surface area (Å²) in [7, 11) is 0. The van der Waals surface area contributed by atoms with Crippen molar-refractivity contribution in [3.8, 4) is 16.9 Å². The molecule has 156 valence electrons. The maximum Gasteiger partial charge on any atom is 0.344 e. The molecule has 0 radical (unpaired) electrons. The Morgan fingerprint density at radius 2 is 1.68 bits per heavy atom. The first-order chi connectivity index (χ1) is 14.9. The van der Waals surface area contributed by atoms with Crippen LogP contribution in [0.25, 0.3) is 28.2 Å². The van der Waals surface area contributed by atoms with Crippen LogP contribution in [0.4, 0.5) is 0 Å². The number of aliphatic hydroxyl groups excluding tert-OH is 1. The van der Waals surface area contributed by atoms with Gasteiger partial charge in [0.25, 0.3) is 0 Å². The molecule has 6 heteroatoms. The van der Waals surface area contributed by atoms with Gasteiger partial charge in [-0.2, -0.15) is 0 Å². The van der Waals surface area contributed by atoms with Crippen LogP contribution in [-0.4, -0.2) is 21.6 Å². The van der Waals surface area contributed by atoms with Crippen molar-refractivity contribution in [1.29, 1.82) is 0 Å². The van der Waals surface area contributed by atoms with Crippen LogP contribution in [-0.2, 0) is 6.42 Å². The molecule has 0 aliphatic carbocycles. The number of aliphatic hydroxyl groups is 2. The Morgan fingerprint density at radius 1 is 0.968 bits per heavy atom. The molecule has 0 spiro atoms. The summed E-state index contributed by atoms with van der Waals surface area (Å²) < 4.78 is 5.51. The van der Waals surface area contributed by atoms with E-state index in [9.17, 15) is 9.90 Å². The van der Waals surface area contributed by atoms with E-state index in [0.29, 0.717) is 28.2 Å². The van der Waals surface area contributed by atoms with Gasteiger partial charge in [-0.05, 0) is 59.0 Å². The lowest BCUT2D eigenvalue weighted by Gasteiger charge is -2.13.